The fourth-order valence-electron chi connectivity index (χ4n) is 4.13. The van der Waals surface area contributed by atoms with Crippen molar-refractivity contribution in [2.45, 2.75) is 57.5 Å². The number of carbonyl (C=O) groups is 1. The van der Waals surface area contributed by atoms with Gasteiger partial charge < -0.3 is 5.32 Å². The van der Waals surface area contributed by atoms with Crippen LogP contribution in [0.4, 0.5) is 0 Å². The summed E-state index contributed by atoms with van der Waals surface area (Å²) >= 11 is 0. The van der Waals surface area contributed by atoms with E-state index >= 15 is 0 Å². The van der Waals surface area contributed by atoms with Crippen LogP contribution in [0, 0.1) is 5.92 Å². The molecule has 0 aromatic heterocycles. The average Bonchev–Trinajstić information content (AvgIpc) is 2.89. The maximum Gasteiger partial charge on any atom is 0.137 e. The highest BCUT2D eigenvalue weighted by molar-refractivity contribution is 5.82. The third-order valence-electron chi connectivity index (χ3n) is 5.13. The summed E-state index contributed by atoms with van der Waals surface area (Å²) in [4.78, 5) is 12.5. The Labute approximate surface area is 127 Å². The van der Waals surface area contributed by atoms with Crippen molar-refractivity contribution < 1.29 is 4.79 Å². The number of Topliss-reactive ketones (excluding diaryl/α,β-unsaturated/α-hetero) is 1. The van der Waals surface area contributed by atoms with Gasteiger partial charge in [-0.3, -0.25) is 4.79 Å². The molecule has 1 unspecified atom stereocenters. The van der Waals surface area contributed by atoms with Gasteiger partial charge in [0.05, 0.1) is 0 Å². The van der Waals surface area contributed by atoms with Crippen LogP contribution in [0.3, 0.4) is 0 Å². The minimum atomic E-state index is 0.168. The molecule has 2 bridgehead atoms. The lowest BCUT2D eigenvalue weighted by atomic mass is 9.74. The Kier molecular flexibility index (Phi) is 4.25. The van der Waals surface area contributed by atoms with Crippen LogP contribution in [0.5, 0.6) is 0 Å². The van der Waals surface area contributed by atoms with Gasteiger partial charge in [0.1, 0.15) is 5.78 Å². The molecule has 3 rings (SSSR count). The Morgan fingerprint density at radius 2 is 2.05 bits per heavy atom. The van der Waals surface area contributed by atoms with E-state index in [2.05, 4.69) is 41.7 Å². The number of piperidine rings is 1. The molecule has 4 atom stereocenters. The average molecular weight is 283 g/mol. The predicted molar refractivity (Wildman–Crippen MR) is 87.2 cm³/mol. The van der Waals surface area contributed by atoms with E-state index in [0.29, 0.717) is 30.2 Å². The summed E-state index contributed by atoms with van der Waals surface area (Å²) in [5, 5.41) is 3.66. The van der Waals surface area contributed by atoms with Crippen LogP contribution in [-0.4, -0.2) is 17.9 Å². The number of nitrogens with one attached hydrogen (secondary N) is 1. The second kappa shape index (κ2) is 6.15. The van der Waals surface area contributed by atoms with Crippen molar-refractivity contribution in [2.75, 3.05) is 0 Å². The van der Waals surface area contributed by atoms with Gasteiger partial charge in [-0.05, 0) is 43.2 Å². The molecule has 0 spiro atoms. The summed E-state index contributed by atoms with van der Waals surface area (Å²) in [5.74, 6) is 0.993. The number of allylic oxidation sites excluding steroid dienone is 1. The Bertz CT molecular complexity index is 531. The van der Waals surface area contributed by atoms with Gasteiger partial charge in [0.15, 0.2) is 0 Å². The molecule has 0 saturated carbocycles. The van der Waals surface area contributed by atoms with Gasteiger partial charge in [-0.2, -0.15) is 0 Å². The lowest BCUT2D eigenvalue weighted by Gasteiger charge is -2.37. The summed E-state index contributed by atoms with van der Waals surface area (Å²) in [6.45, 7) is 4.03. The largest absolute Gasteiger partial charge is 0.310 e. The highest BCUT2D eigenvalue weighted by Gasteiger charge is 2.44. The number of hydrogen-bond donors (Lipinski definition) is 1. The third-order valence-corrected chi connectivity index (χ3v) is 5.13. The molecule has 2 aliphatic heterocycles. The van der Waals surface area contributed by atoms with E-state index in [1.165, 1.54) is 17.5 Å². The zero-order valence-corrected chi connectivity index (χ0v) is 13.0. The molecule has 2 aliphatic rings. The molecule has 0 aliphatic carbocycles. The van der Waals surface area contributed by atoms with E-state index in [4.69, 9.17) is 0 Å². The van der Waals surface area contributed by atoms with Crippen molar-refractivity contribution >= 4 is 11.9 Å². The van der Waals surface area contributed by atoms with Gasteiger partial charge in [0.2, 0.25) is 0 Å². The van der Waals surface area contributed by atoms with Crippen molar-refractivity contribution in [3.8, 4) is 0 Å². The zero-order valence-electron chi connectivity index (χ0n) is 13.0. The van der Waals surface area contributed by atoms with Crippen molar-refractivity contribution in [1.82, 2.24) is 5.32 Å². The topological polar surface area (TPSA) is 29.1 Å². The van der Waals surface area contributed by atoms with Crippen molar-refractivity contribution in [1.29, 1.82) is 0 Å². The highest BCUT2D eigenvalue weighted by atomic mass is 16.1. The number of benzene rings is 1. The number of ketones is 1. The van der Waals surface area contributed by atoms with Crippen molar-refractivity contribution in [2.24, 2.45) is 5.92 Å². The Morgan fingerprint density at radius 3 is 2.71 bits per heavy atom. The first-order valence-electron chi connectivity index (χ1n) is 8.24. The second-order valence-electron chi connectivity index (χ2n) is 6.40. The van der Waals surface area contributed by atoms with Gasteiger partial charge >= 0.3 is 0 Å². The SMILES string of the molecule is C/C=C/c1ccc([C@H]2CC3CC[C@@H](N3)[C@H]2C(=O)CC)cc1. The molecule has 2 nitrogen and oxygen atoms in total. The number of hydrogen-bond acceptors (Lipinski definition) is 2. The van der Waals surface area contributed by atoms with Gasteiger partial charge in [-0.15, -0.1) is 0 Å². The zero-order chi connectivity index (χ0) is 14.8. The predicted octanol–water partition coefficient (Wildman–Crippen LogP) is 3.92. The van der Waals surface area contributed by atoms with Crippen LogP contribution < -0.4 is 5.32 Å². The molecule has 1 aromatic carbocycles. The standard InChI is InChI=1S/C19H25NO/c1-3-5-13-6-8-14(9-7-13)16-12-15-10-11-17(20-15)19(16)18(21)4-2/h3,5-9,15-17,19-20H,4,10-12H2,1-2H3/b5-3+/t15?,16-,17-,19+/m1/s1. The molecule has 0 radical (unpaired) electrons. The minimum absolute atomic E-state index is 0.168. The molecule has 1 N–H and O–H groups in total. The summed E-state index contributed by atoms with van der Waals surface area (Å²) in [6.07, 6.45) is 8.32. The maximum atomic E-state index is 12.5. The lowest BCUT2D eigenvalue weighted by Crippen LogP contribution is -2.47. The summed E-state index contributed by atoms with van der Waals surface area (Å²) in [7, 11) is 0. The smallest absolute Gasteiger partial charge is 0.137 e. The lowest BCUT2D eigenvalue weighted by molar-refractivity contribution is -0.124. The fraction of sp³-hybridized carbons (Fsp3) is 0.526. The highest BCUT2D eigenvalue weighted by Crippen LogP contribution is 2.42. The Hall–Kier alpha value is -1.41. The Morgan fingerprint density at radius 1 is 1.29 bits per heavy atom. The van der Waals surface area contributed by atoms with Crippen molar-refractivity contribution in [3.63, 3.8) is 0 Å². The van der Waals surface area contributed by atoms with E-state index in [1.807, 2.05) is 13.8 Å². The van der Waals surface area contributed by atoms with Gasteiger partial charge in [0.25, 0.3) is 0 Å². The molecule has 2 saturated heterocycles. The number of rotatable bonds is 4. The molecule has 1 aromatic rings. The molecule has 112 valence electrons. The van der Waals surface area contributed by atoms with Crippen LogP contribution in [0.15, 0.2) is 30.3 Å². The summed E-state index contributed by atoms with van der Waals surface area (Å²) in [5.41, 5.74) is 2.57. The monoisotopic (exact) mass is 283 g/mol. The first-order valence-corrected chi connectivity index (χ1v) is 8.24. The van der Waals surface area contributed by atoms with Crippen LogP contribution in [0.2, 0.25) is 0 Å². The maximum absolute atomic E-state index is 12.5. The Balaban J connectivity index is 1.88. The van der Waals surface area contributed by atoms with Crippen molar-refractivity contribution in [3.05, 3.63) is 41.5 Å². The molecular weight excluding hydrogens is 258 g/mol. The van der Waals surface area contributed by atoms with Crippen LogP contribution in [0.25, 0.3) is 6.08 Å². The fourth-order valence-corrected chi connectivity index (χ4v) is 4.13. The van der Waals surface area contributed by atoms with E-state index in [1.54, 1.807) is 0 Å². The van der Waals surface area contributed by atoms with E-state index in [9.17, 15) is 4.79 Å². The normalized spacial score (nSPS) is 31.7. The van der Waals surface area contributed by atoms with E-state index < -0.39 is 0 Å². The summed E-state index contributed by atoms with van der Waals surface area (Å²) < 4.78 is 0. The molecule has 2 fully saturated rings. The van der Waals surface area contributed by atoms with E-state index in [-0.39, 0.29) is 5.92 Å². The van der Waals surface area contributed by atoms with Gasteiger partial charge in [-0.1, -0.05) is 43.3 Å². The quantitative estimate of drug-likeness (QED) is 0.907. The molecular formula is C19H25NO. The minimum Gasteiger partial charge on any atom is -0.310 e. The molecule has 21 heavy (non-hydrogen) atoms. The van der Waals surface area contributed by atoms with E-state index in [0.717, 1.165) is 12.8 Å². The molecule has 0 amide bonds. The first kappa shape index (κ1) is 14.5. The molecule has 2 heteroatoms. The van der Waals surface area contributed by atoms with Crippen LogP contribution >= 0.6 is 0 Å². The third kappa shape index (κ3) is 2.82. The number of fused-ring (bicyclic) bond motifs is 2. The first-order chi connectivity index (χ1) is 10.2. The van der Waals surface area contributed by atoms with Crippen LogP contribution in [0.1, 0.15) is 56.6 Å². The number of carbonyl (C=O) groups excluding carboxylic acids is 1. The second-order valence-corrected chi connectivity index (χ2v) is 6.40. The summed E-state index contributed by atoms with van der Waals surface area (Å²) in [6, 6.07) is 9.80. The van der Waals surface area contributed by atoms with Gasteiger partial charge in [0, 0.05) is 24.4 Å². The van der Waals surface area contributed by atoms with Crippen LogP contribution in [-0.2, 0) is 4.79 Å². The van der Waals surface area contributed by atoms with Gasteiger partial charge in [-0.25, -0.2) is 0 Å². The molecule has 2 heterocycles.